The SMILES string of the molecule is CC1CNCCN1Cc1cccc(Br)c1. The molecule has 1 aromatic rings. The second-order valence-corrected chi connectivity index (χ2v) is 5.07. The number of hydrogen-bond acceptors (Lipinski definition) is 2. The normalized spacial score (nSPS) is 22.9. The average molecular weight is 269 g/mol. The van der Waals surface area contributed by atoms with Crippen LogP contribution in [0.5, 0.6) is 0 Å². The van der Waals surface area contributed by atoms with Crippen LogP contribution in [0.15, 0.2) is 28.7 Å². The molecule has 3 heteroatoms. The van der Waals surface area contributed by atoms with Gasteiger partial charge >= 0.3 is 0 Å². The quantitative estimate of drug-likeness (QED) is 0.885. The van der Waals surface area contributed by atoms with Gasteiger partial charge in [0.15, 0.2) is 0 Å². The van der Waals surface area contributed by atoms with E-state index < -0.39 is 0 Å². The molecule has 1 fully saturated rings. The number of halogens is 1. The van der Waals surface area contributed by atoms with Crippen molar-refractivity contribution in [1.29, 1.82) is 0 Å². The molecule has 1 unspecified atom stereocenters. The zero-order chi connectivity index (χ0) is 10.7. The van der Waals surface area contributed by atoms with Crippen molar-refractivity contribution in [1.82, 2.24) is 10.2 Å². The van der Waals surface area contributed by atoms with Gasteiger partial charge in [0, 0.05) is 36.7 Å². The summed E-state index contributed by atoms with van der Waals surface area (Å²) in [7, 11) is 0. The minimum Gasteiger partial charge on any atom is -0.314 e. The summed E-state index contributed by atoms with van der Waals surface area (Å²) in [6, 6.07) is 9.21. The monoisotopic (exact) mass is 268 g/mol. The number of nitrogens with zero attached hydrogens (tertiary/aromatic N) is 1. The van der Waals surface area contributed by atoms with Crippen molar-refractivity contribution in [3.63, 3.8) is 0 Å². The van der Waals surface area contributed by atoms with Gasteiger partial charge in [-0.15, -0.1) is 0 Å². The van der Waals surface area contributed by atoms with E-state index in [4.69, 9.17) is 0 Å². The zero-order valence-electron chi connectivity index (χ0n) is 9.04. The predicted octanol–water partition coefficient (Wildman–Crippen LogP) is 2.24. The molecule has 1 aliphatic rings. The minimum atomic E-state index is 0.637. The van der Waals surface area contributed by atoms with Gasteiger partial charge in [-0.25, -0.2) is 0 Å². The molecule has 2 nitrogen and oxygen atoms in total. The van der Waals surface area contributed by atoms with Gasteiger partial charge in [-0.05, 0) is 24.6 Å². The number of rotatable bonds is 2. The lowest BCUT2D eigenvalue weighted by atomic mass is 10.1. The zero-order valence-corrected chi connectivity index (χ0v) is 10.6. The average Bonchev–Trinajstić information content (AvgIpc) is 2.22. The van der Waals surface area contributed by atoms with Gasteiger partial charge in [-0.2, -0.15) is 0 Å². The van der Waals surface area contributed by atoms with Crippen LogP contribution >= 0.6 is 15.9 Å². The largest absolute Gasteiger partial charge is 0.314 e. The van der Waals surface area contributed by atoms with Crippen LogP contribution in [-0.2, 0) is 6.54 Å². The van der Waals surface area contributed by atoms with Crippen molar-refractivity contribution in [3.8, 4) is 0 Å². The Bertz CT molecular complexity index is 327. The van der Waals surface area contributed by atoms with E-state index in [0.29, 0.717) is 6.04 Å². The van der Waals surface area contributed by atoms with Crippen molar-refractivity contribution < 1.29 is 0 Å². The lowest BCUT2D eigenvalue weighted by Crippen LogP contribution is -2.49. The Morgan fingerprint density at radius 3 is 3.13 bits per heavy atom. The third-order valence-electron chi connectivity index (χ3n) is 2.91. The molecule has 0 spiro atoms. The molecular weight excluding hydrogens is 252 g/mol. The fraction of sp³-hybridized carbons (Fsp3) is 0.500. The number of piperazine rings is 1. The van der Waals surface area contributed by atoms with Crippen molar-refractivity contribution in [2.45, 2.75) is 19.5 Å². The number of benzene rings is 1. The molecule has 82 valence electrons. The highest BCUT2D eigenvalue weighted by molar-refractivity contribution is 9.10. The summed E-state index contributed by atoms with van der Waals surface area (Å²) in [5, 5.41) is 3.41. The Kier molecular flexibility index (Phi) is 3.78. The molecule has 15 heavy (non-hydrogen) atoms. The van der Waals surface area contributed by atoms with Crippen LogP contribution < -0.4 is 5.32 Å². The standard InChI is InChI=1S/C12H17BrN2/c1-10-8-14-5-6-15(10)9-11-3-2-4-12(13)7-11/h2-4,7,10,14H,5-6,8-9H2,1H3. The Hall–Kier alpha value is -0.380. The van der Waals surface area contributed by atoms with Gasteiger partial charge in [0.25, 0.3) is 0 Å². The van der Waals surface area contributed by atoms with Crippen LogP contribution in [0.1, 0.15) is 12.5 Å². The molecule has 1 atom stereocenters. The van der Waals surface area contributed by atoms with Crippen molar-refractivity contribution >= 4 is 15.9 Å². The Labute approximate surface area is 99.8 Å². The van der Waals surface area contributed by atoms with Crippen LogP contribution in [0, 0.1) is 0 Å². The number of nitrogens with one attached hydrogen (secondary N) is 1. The summed E-state index contributed by atoms with van der Waals surface area (Å²) in [6.45, 7) is 6.70. The first-order chi connectivity index (χ1) is 7.25. The summed E-state index contributed by atoms with van der Waals surface area (Å²) in [5.74, 6) is 0. The maximum atomic E-state index is 3.51. The molecule has 1 saturated heterocycles. The van der Waals surface area contributed by atoms with E-state index in [1.807, 2.05) is 0 Å². The molecular formula is C12H17BrN2. The van der Waals surface area contributed by atoms with E-state index >= 15 is 0 Å². The van der Waals surface area contributed by atoms with Crippen molar-refractivity contribution in [2.75, 3.05) is 19.6 Å². The second-order valence-electron chi connectivity index (χ2n) is 4.15. The molecule has 0 bridgehead atoms. The summed E-state index contributed by atoms with van der Waals surface area (Å²) in [4.78, 5) is 2.53. The summed E-state index contributed by atoms with van der Waals surface area (Å²) in [5.41, 5.74) is 1.39. The fourth-order valence-corrected chi connectivity index (χ4v) is 2.43. The predicted molar refractivity (Wildman–Crippen MR) is 66.9 cm³/mol. The van der Waals surface area contributed by atoms with E-state index in [0.717, 1.165) is 26.2 Å². The topological polar surface area (TPSA) is 15.3 Å². The second kappa shape index (κ2) is 5.10. The first kappa shape index (κ1) is 11.1. The van der Waals surface area contributed by atoms with Gasteiger partial charge in [0.1, 0.15) is 0 Å². The van der Waals surface area contributed by atoms with Gasteiger partial charge in [0.05, 0.1) is 0 Å². The highest BCUT2D eigenvalue weighted by Crippen LogP contribution is 2.15. The third kappa shape index (κ3) is 3.03. The number of hydrogen-bond donors (Lipinski definition) is 1. The van der Waals surface area contributed by atoms with Crippen LogP contribution in [-0.4, -0.2) is 30.6 Å². The Morgan fingerprint density at radius 1 is 1.53 bits per heavy atom. The molecule has 1 aromatic carbocycles. The van der Waals surface area contributed by atoms with Gasteiger partial charge in [-0.3, -0.25) is 4.90 Å². The molecule has 0 aromatic heterocycles. The maximum absolute atomic E-state index is 3.51. The molecule has 1 N–H and O–H groups in total. The fourth-order valence-electron chi connectivity index (χ4n) is 1.99. The summed E-state index contributed by atoms with van der Waals surface area (Å²) >= 11 is 3.51. The molecule has 0 radical (unpaired) electrons. The van der Waals surface area contributed by atoms with E-state index in [2.05, 4.69) is 57.3 Å². The summed E-state index contributed by atoms with van der Waals surface area (Å²) < 4.78 is 1.17. The summed E-state index contributed by atoms with van der Waals surface area (Å²) in [6.07, 6.45) is 0. The molecule has 1 heterocycles. The smallest absolute Gasteiger partial charge is 0.0238 e. The van der Waals surface area contributed by atoms with Gasteiger partial charge < -0.3 is 5.32 Å². The third-order valence-corrected chi connectivity index (χ3v) is 3.41. The molecule has 2 rings (SSSR count). The van der Waals surface area contributed by atoms with E-state index in [-0.39, 0.29) is 0 Å². The maximum Gasteiger partial charge on any atom is 0.0238 e. The van der Waals surface area contributed by atoms with E-state index in [1.54, 1.807) is 0 Å². The highest BCUT2D eigenvalue weighted by atomic mass is 79.9. The first-order valence-corrected chi connectivity index (χ1v) is 6.24. The molecule has 0 amide bonds. The molecule has 1 aliphatic heterocycles. The lowest BCUT2D eigenvalue weighted by molar-refractivity contribution is 0.165. The van der Waals surface area contributed by atoms with Crippen molar-refractivity contribution in [2.24, 2.45) is 0 Å². The Morgan fingerprint density at radius 2 is 2.40 bits per heavy atom. The van der Waals surface area contributed by atoms with Crippen LogP contribution in [0.4, 0.5) is 0 Å². The molecule has 0 saturated carbocycles. The first-order valence-electron chi connectivity index (χ1n) is 5.45. The highest BCUT2D eigenvalue weighted by Gasteiger charge is 2.17. The van der Waals surface area contributed by atoms with E-state index in [9.17, 15) is 0 Å². The van der Waals surface area contributed by atoms with Crippen molar-refractivity contribution in [3.05, 3.63) is 34.3 Å². The molecule has 0 aliphatic carbocycles. The Balaban J connectivity index is 2.01. The van der Waals surface area contributed by atoms with Gasteiger partial charge in [-0.1, -0.05) is 28.1 Å². The van der Waals surface area contributed by atoms with Gasteiger partial charge in [0.2, 0.25) is 0 Å². The van der Waals surface area contributed by atoms with Crippen LogP contribution in [0.2, 0.25) is 0 Å². The minimum absolute atomic E-state index is 0.637. The van der Waals surface area contributed by atoms with E-state index in [1.165, 1.54) is 10.0 Å². The van der Waals surface area contributed by atoms with Crippen LogP contribution in [0.3, 0.4) is 0 Å². The van der Waals surface area contributed by atoms with Crippen LogP contribution in [0.25, 0.3) is 0 Å². The lowest BCUT2D eigenvalue weighted by Gasteiger charge is -2.33.